The summed E-state index contributed by atoms with van der Waals surface area (Å²) in [5, 5.41) is 10.3. The Morgan fingerprint density at radius 3 is 1.09 bits per heavy atom. The van der Waals surface area contributed by atoms with Gasteiger partial charge in [0.1, 0.15) is 0 Å². The molecule has 0 spiro atoms. The first-order valence-electron chi connectivity index (χ1n) is 21.5. The van der Waals surface area contributed by atoms with E-state index in [1.54, 1.807) is 0 Å². The van der Waals surface area contributed by atoms with Gasteiger partial charge >= 0.3 is 0 Å². The number of nitrogens with zero attached hydrogens (tertiary/aromatic N) is 2. The maximum absolute atomic E-state index is 2.62. The van der Waals surface area contributed by atoms with Crippen molar-refractivity contribution in [2.75, 3.05) is 36.0 Å². The Balaban J connectivity index is 1.24. The molecule has 2 aliphatic rings. The Kier molecular flexibility index (Phi) is 8.92. The lowest BCUT2D eigenvalue weighted by Gasteiger charge is -2.31. The predicted molar refractivity (Wildman–Crippen MR) is 250 cm³/mol. The highest BCUT2D eigenvalue weighted by molar-refractivity contribution is 6.24. The average molecular weight is 749 g/mol. The van der Waals surface area contributed by atoms with Crippen LogP contribution in [-0.2, 0) is 0 Å². The number of hydrogen-bond acceptors (Lipinski definition) is 2. The van der Waals surface area contributed by atoms with E-state index in [2.05, 4.69) is 180 Å². The van der Waals surface area contributed by atoms with Crippen molar-refractivity contribution in [3.8, 4) is 44.5 Å². The summed E-state index contributed by atoms with van der Waals surface area (Å²) in [5.41, 5.74) is 12.9. The van der Waals surface area contributed by atoms with E-state index in [9.17, 15) is 0 Å². The van der Waals surface area contributed by atoms with Crippen molar-refractivity contribution in [1.82, 2.24) is 0 Å². The lowest BCUT2D eigenvalue weighted by atomic mass is 9.81. The molecule has 11 rings (SSSR count). The molecule has 0 N–H and O–H groups in total. The van der Waals surface area contributed by atoms with Gasteiger partial charge in [-0.05, 0) is 163 Å². The van der Waals surface area contributed by atoms with E-state index in [-0.39, 0.29) is 0 Å². The van der Waals surface area contributed by atoms with E-state index in [1.165, 1.54) is 137 Å². The molecule has 0 bridgehead atoms. The molecule has 0 saturated carbocycles. The molecule has 58 heavy (non-hydrogen) atoms. The van der Waals surface area contributed by atoms with Gasteiger partial charge in [-0.2, -0.15) is 0 Å². The SMILES string of the molecule is c1ccc(-c2c3ccc(N4CCCCC4)cc3c(-c3ccccc3-c3ccc4ccccc4c3)c3ccc(N4CCCCC4)cc23)c(-c2ccc3ccccc3c2)c1. The van der Waals surface area contributed by atoms with Crippen molar-refractivity contribution in [2.24, 2.45) is 0 Å². The molecule has 2 heteroatoms. The van der Waals surface area contributed by atoms with E-state index in [1.807, 2.05) is 0 Å². The standard InChI is InChI=1S/C56H48N2/c1-11-31-57(32-12-1)45-27-29-51-53(37-45)55(49-21-9-7-19-47(49)43-25-23-39-15-3-5-17-41(39)35-43)52-30-28-46(58-33-13-2-14-34-58)38-54(52)56(51)50-22-10-8-20-48(50)44-26-24-40-16-4-6-18-42(40)36-44/h3-10,15-30,35-38H,1-2,11-14,31-34H2. The van der Waals surface area contributed by atoms with Crippen LogP contribution in [0.5, 0.6) is 0 Å². The van der Waals surface area contributed by atoms with E-state index >= 15 is 0 Å². The first-order chi connectivity index (χ1) is 28.8. The van der Waals surface area contributed by atoms with E-state index in [0.29, 0.717) is 0 Å². The highest BCUT2D eigenvalue weighted by atomic mass is 15.1. The van der Waals surface area contributed by atoms with Crippen LogP contribution in [0.15, 0.2) is 170 Å². The molecule has 2 saturated heterocycles. The van der Waals surface area contributed by atoms with Crippen LogP contribution in [0, 0.1) is 0 Å². The molecule has 2 aliphatic heterocycles. The zero-order chi connectivity index (χ0) is 38.4. The smallest absolute Gasteiger partial charge is 0.0372 e. The van der Waals surface area contributed by atoms with Crippen LogP contribution >= 0.6 is 0 Å². The Hall–Kier alpha value is -6.38. The van der Waals surface area contributed by atoms with E-state index in [4.69, 9.17) is 0 Å². The molecular weight excluding hydrogens is 701 g/mol. The molecule has 9 aromatic rings. The molecule has 9 aromatic carbocycles. The van der Waals surface area contributed by atoms with Gasteiger partial charge in [0.05, 0.1) is 0 Å². The molecule has 0 atom stereocenters. The van der Waals surface area contributed by atoms with Crippen molar-refractivity contribution < 1.29 is 0 Å². The number of hydrogen-bond donors (Lipinski definition) is 0. The highest BCUT2D eigenvalue weighted by Crippen LogP contribution is 2.50. The molecule has 0 unspecified atom stereocenters. The second kappa shape index (κ2) is 14.8. The van der Waals surface area contributed by atoms with Crippen molar-refractivity contribution in [2.45, 2.75) is 38.5 Å². The van der Waals surface area contributed by atoms with Crippen LogP contribution in [0.4, 0.5) is 11.4 Å². The molecule has 0 aromatic heterocycles. The third kappa shape index (κ3) is 6.19. The summed E-state index contributed by atoms with van der Waals surface area (Å²) in [4.78, 5) is 5.24. The molecule has 2 fully saturated rings. The molecule has 0 amide bonds. The fraction of sp³-hybridized carbons (Fsp3) is 0.179. The van der Waals surface area contributed by atoms with Gasteiger partial charge in [-0.25, -0.2) is 0 Å². The van der Waals surface area contributed by atoms with Crippen LogP contribution in [0.2, 0.25) is 0 Å². The summed E-state index contributed by atoms with van der Waals surface area (Å²) in [6.45, 7) is 4.44. The summed E-state index contributed by atoms with van der Waals surface area (Å²) in [7, 11) is 0. The summed E-state index contributed by atoms with van der Waals surface area (Å²) in [6.07, 6.45) is 7.62. The minimum absolute atomic E-state index is 1.11. The minimum Gasteiger partial charge on any atom is -0.372 e. The third-order valence-electron chi connectivity index (χ3n) is 13.0. The predicted octanol–water partition coefficient (Wildman–Crippen LogP) is 14.9. The Morgan fingerprint density at radius 1 is 0.276 bits per heavy atom. The second-order valence-electron chi connectivity index (χ2n) is 16.5. The van der Waals surface area contributed by atoms with Crippen molar-refractivity contribution in [3.05, 3.63) is 170 Å². The molecule has 0 aliphatic carbocycles. The summed E-state index contributed by atoms with van der Waals surface area (Å²) in [5.74, 6) is 0. The highest BCUT2D eigenvalue weighted by Gasteiger charge is 2.24. The minimum atomic E-state index is 1.11. The van der Waals surface area contributed by atoms with Gasteiger partial charge in [-0.15, -0.1) is 0 Å². The maximum Gasteiger partial charge on any atom is 0.0372 e. The van der Waals surface area contributed by atoms with Gasteiger partial charge in [0.25, 0.3) is 0 Å². The van der Waals surface area contributed by atoms with Crippen LogP contribution in [0.3, 0.4) is 0 Å². The van der Waals surface area contributed by atoms with Crippen molar-refractivity contribution in [3.63, 3.8) is 0 Å². The quantitative estimate of drug-likeness (QED) is 0.156. The Bertz CT molecular complexity index is 2780. The zero-order valence-corrected chi connectivity index (χ0v) is 33.1. The third-order valence-corrected chi connectivity index (χ3v) is 13.0. The van der Waals surface area contributed by atoms with Crippen LogP contribution in [-0.4, -0.2) is 26.2 Å². The first-order valence-corrected chi connectivity index (χ1v) is 21.5. The first kappa shape index (κ1) is 34.8. The van der Waals surface area contributed by atoms with Crippen LogP contribution in [0.1, 0.15) is 38.5 Å². The normalized spacial score (nSPS) is 14.8. The fourth-order valence-electron chi connectivity index (χ4n) is 10.1. The van der Waals surface area contributed by atoms with Gasteiger partial charge in [0, 0.05) is 37.6 Å². The number of fused-ring (bicyclic) bond motifs is 4. The average Bonchev–Trinajstić information content (AvgIpc) is 3.30. The molecule has 0 radical (unpaired) electrons. The van der Waals surface area contributed by atoms with Gasteiger partial charge in [0.15, 0.2) is 0 Å². The molecular formula is C56H48N2. The monoisotopic (exact) mass is 748 g/mol. The largest absolute Gasteiger partial charge is 0.372 e. The molecule has 2 nitrogen and oxygen atoms in total. The van der Waals surface area contributed by atoms with Gasteiger partial charge in [-0.1, -0.05) is 133 Å². The summed E-state index contributed by atoms with van der Waals surface area (Å²) < 4.78 is 0. The Morgan fingerprint density at radius 2 is 0.655 bits per heavy atom. The Labute approximate surface area is 342 Å². The molecule has 282 valence electrons. The van der Waals surface area contributed by atoms with Crippen LogP contribution < -0.4 is 9.80 Å². The second-order valence-corrected chi connectivity index (χ2v) is 16.5. The van der Waals surface area contributed by atoms with Gasteiger partial charge < -0.3 is 9.80 Å². The summed E-state index contributed by atoms with van der Waals surface area (Å²) >= 11 is 0. The van der Waals surface area contributed by atoms with E-state index in [0.717, 1.165) is 26.2 Å². The van der Waals surface area contributed by atoms with Crippen LogP contribution in [0.25, 0.3) is 87.6 Å². The topological polar surface area (TPSA) is 6.48 Å². The number of piperidine rings is 2. The lowest BCUT2D eigenvalue weighted by molar-refractivity contribution is 0.578. The van der Waals surface area contributed by atoms with Crippen molar-refractivity contribution >= 4 is 54.5 Å². The number of rotatable bonds is 6. The summed E-state index contributed by atoms with van der Waals surface area (Å²) in [6, 6.07) is 64.5. The lowest BCUT2D eigenvalue weighted by Crippen LogP contribution is -2.29. The van der Waals surface area contributed by atoms with Crippen molar-refractivity contribution in [1.29, 1.82) is 0 Å². The number of anilines is 2. The van der Waals surface area contributed by atoms with Gasteiger partial charge in [-0.3, -0.25) is 0 Å². The van der Waals surface area contributed by atoms with Gasteiger partial charge in [0.2, 0.25) is 0 Å². The number of benzene rings is 9. The fourth-order valence-corrected chi connectivity index (χ4v) is 10.1. The molecule has 2 heterocycles. The maximum atomic E-state index is 2.62. The van der Waals surface area contributed by atoms with E-state index < -0.39 is 0 Å². The zero-order valence-electron chi connectivity index (χ0n) is 33.1.